The van der Waals surface area contributed by atoms with E-state index in [0.717, 1.165) is 5.67 Å². The van der Waals surface area contributed by atoms with Crippen molar-refractivity contribution in [2.45, 2.75) is 18.8 Å². The van der Waals surface area contributed by atoms with Gasteiger partial charge in [0.1, 0.15) is 0 Å². The van der Waals surface area contributed by atoms with Crippen LogP contribution in [0, 0.1) is 0 Å². The van der Waals surface area contributed by atoms with E-state index >= 15 is 0 Å². The lowest BCUT2D eigenvalue weighted by molar-refractivity contribution is 1.87. The van der Waals surface area contributed by atoms with Gasteiger partial charge in [0.15, 0.2) is 16.2 Å². The minimum atomic E-state index is -0.549. The van der Waals surface area contributed by atoms with Crippen molar-refractivity contribution in [3.05, 3.63) is 0 Å². The molecule has 0 amide bonds. The van der Waals surface area contributed by atoms with Gasteiger partial charge in [0.2, 0.25) is 0 Å². The Balaban J connectivity index is 2.95. The van der Waals surface area contributed by atoms with Crippen LogP contribution >= 0.6 is 22.2 Å². The van der Waals surface area contributed by atoms with Gasteiger partial charge < -0.3 is 0 Å². The Hall–Kier alpha value is 1.01. The van der Waals surface area contributed by atoms with Crippen LogP contribution in [0.15, 0.2) is 0 Å². The summed E-state index contributed by atoms with van der Waals surface area (Å²) >= 11 is 11.4. The Morgan fingerprint density at radius 2 is 1.43 bits per heavy atom. The molecule has 7 heavy (non-hydrogen) atoms. The Kier molecular flexibility index (Phi) is 4.52. The van der Waals surface area contributed by atoms with E-state index in [1.807, 2.05) is 0 Å². The predicted molar refractivity (Wildman–Crippen MR) is 39.7 cm³/mol. The molecular weight excluding hydrogens is 163 g/mol. The summed E-state index contributed by atoms with van der Waals surface area (Å²) in [6.07, 6.45) is 0. The van der Waals surface area contributed by atoms with E-state index < -0.39 is 16.2 Å². The van der Waals surface area contributed by atoms with Crippen LogP contribution in [0.3, 0.4) is 0 Å². The van der Waals surface area contributed by atoms with Crippen LogP contribution in [-0.2, 0) is 0 Å². The van der Waals surface area contributed by atoms with E-state index in [-0.39, 0.29) is 0 Å². The summed E-state index contributed by atoms with van der Waals surface area (Å²) in [5, 5.41) is 0. The topological polar surface area (TPSA) is 0 Å². The molecule has 0 spiro atoms. The van der Waals surface area contributed by atoms with Crippen LogP contribution in [0.2, 0.25) is 18.8 Å². The van der Waals surface area contributed by atoms with Gasteiger partial charge in [0.25, 0.3) is 0 Å². The fourth-order valence-corrected chi connectivity index (χ4v) is 7.24. The second-order valence-corrected chi connectivity index (χ2v) is 9.52. The zero-order chi connectivity index (χ0) is 5.86. The summed E-state index contributed by atoms with van der Waals surface area (Å²) in [5.74, 6) is 0. The van der Waals surface area contributed by atoms with E-state index in [2.05, 4.69) is 13.1 Å². The van der Waals surface area contributed by atoms with Crippen molar-refractivity contribution in [2.24, 2.45) is 0 Å². The molecule has 4 heteroatoms. The van der Waals surface area contributed by atoms with Crippen molar-refractivity contribution < 1.29 is 0 Å². The zero-order valence-electron chi connectivity index (χ0n) is 4.46. The Morgan fingerprint density at radius 1 is 1.14 bits per heavy atom. The maximum absolute atomic E-state index is 5.72. The van der Waals surface area contributed by atoms with Gasteiger partial charge in [-0.25, -0.2) is 0 Å². The normalized spacial score (nSPS) is 11.1. The van der Waals surface area contributed by atoms with Gasteiger partial charge in [-0.05, 0) is 5.67 Å². The number of rotatable bonds is 2. The highest BCUT2D eigenvalue weighted by molar-refractivity contribution is 7.18. The largest absolute Gasteiger partial charge is 0.170 e. The molecule has 0 nitrogen and oxygen atoms in total. The minimum Gasteiger partial charge on any atom is -0.170 e. The molecule has 2 radical (unpaired) electrons. The van der Waals surface area contributed by atoms with Crippen LogP contribution in [0.4, 0.5) is 0 Å². The summed E-state index contributed by atoms with van der Waals surface area (Å²) in [5.41, 5.74) is 1.10. The van der Waals surface area contributed by atoms with Crippen LogP contribution in [0.5, 0.6) is 0 Å². The third-order valence-electron chi connectivity index (χ3n) is 0.487. The molecule has 0 aromatic carbocycles. The molecule has 0 aliphatic heterocycles. The van der Waals surface area contributed by atoms with Gasteiger partial charge in [-0.2, -0.15) is 22.2 Å². The van der Waals surface area contributed by atoms with Gasteiger partial charge in [-0.15, -0.1) is 0 Å². The van der Waals surface area contributed by atoms with Crippen LogP contribution < -0.4 is 0 Å². The summed E-state index contributed by atoms with van der Waals surface area (Å²) in [6.45, 7) is 4.14. The van der Waals surface area contributed by atoms with Crippen molar-refractivity contribution in [1.29, 1.82) is 0 Å². The fourth-order valence-electron chi connectivity index (χ4n) is 0.336. The first-order chi connectivity index (χ1) is 3.13. The quantitative estimate of drug-likeness (QED) is 0.441. The smallest absolute Gasteiger partial charge is 0.160 e. The minimum absolute atomic E-state index is 0.549. The van der Waals surface area contributed by atoms with Crippen LogP contribution in [0.1, 0.15) is 0 Å². The van der Waals surface area contributed by atoms with Crippen molar-refractivity contribution >= 4 is 38.4 Å². The van der Waals surface area contributed by atoms with Gasteiger partial charge in [0, 0.05) is 0 Å². The molecule has 42 valence electrons. The van der Waals surface area contributed by atoms with E-state index in [0.29, 0.717) is 0 Å². The highest BCUT2D eigenvalue weighted by atomic mass is 35.6. The first-order valence-electron chi connectivity index (χ1n) is 2.09. The lowest BCUT2D eigenvalue weighted by Gasteiger charge is -1.96. The third kappa shape index (κ3) is 7.01. The van der Waals surface area contributed by atoms with Gasteiger partial charge in [-0.1, -0.05) is 13.1 Å². The SMILES string of the molecule is C[Si](Cl)C[Si](C)Cl. The summed E-state index contributed by atoms with van der Waals surface area (Å²) in [6, 6.07) is 0. The molecule has 0 unspecified atom stereocenters. The Morgan fingerprint density at radius 3 is 1.43 bits per heavy atom. The first-order valence-corrected chi connectivity index (χ1v) is 8.52. The maximum Gasteiger partial charge on any atom is 0.160 e. The third-order valence-corrected chi connectivity index (χ3v) is 6.79. The molecule has 0 aromatic rings. The summed E-state index contributed by atoms with van der Waals surface area (Å²) in [4.78, 5) is 0. The van der Waals surface area contributed by atoms with Crippen LogP contribution in [-0.4, -0.2) is 16.2 Å². The molecule has 0 N–H and O–H groups in total. The second kappa shape index (κ2) is 3.95. The van der Waals surface area contributed by atoms with Crippen molar-refractivity contribution in [1.82, 2.24) is 0 Å². The summed E-state index contributed by atoms with van der Waals surface area (Å²) < 4.78 is 0. The van der Waals surface area contributed by atoms with Crippen molar-refractivity contribution in [2.75, 3.05) is 0 Å². The van der Waals surface area contributed by atoms with Crippen LogP contribution in [0.25, 0.3) is 0 Å². The lowest BCUT2D eigenvalue weighted by Crippen LogP contribution is -2.06. The van der Waals surface area contributed by atoms with E-state index in [9.17, 15) is 0 Å². The van der Waals surface area contributed by atoms with E-state index in [1.54, 1.807) is 0 Å². The molecular formula is C3H8Cl2Si2. The molecule has 0 rings (SSSR count). The average Bonchev–Trinajstić information content (AvgIpc) is 1.27. The van der Waals surface area contributed by atoms with Crippen molar-refractivity contribution in [3.63, 3.8) is 0 Å². The molecule has 0 aromatic heterocycles. The molecule has 0 saturated heterocycles. The standard InChI is InChI=1S/C3H8Cl2Si2/c1-6(4)3-7(2)5/h3H2,1-2H3. The van der Waals surface area contributed by atoms with Gasteiger partial charge in [0.05, 0.1) is 0 Å². The maximum atomic E-state index is 5.72. The van der Waals surface area contributed by atoms with E-state index in [1.165, 1.54) is 0 Å². The van der Waals surface area contributed by atoms with Gasteiger partial charge in [-0.3, -0.25) is 0 Å². The fraction of sp³-hybridized carbons (Fsp3) is 1.00. The van der Waals surface area contributed by atoms with E-state index in [4.69, 9.17) is 22.2 Å². The number of hydrogen-bond acceptors (Lipinski definition) is 0. The molecule has 0 fully saturated rings. The first kappa shape index (κ1) is 8.01. The Labute approximate surface area is 57.4 Å². The molecule has 0 atom stereocenters. The molecule has 0 saturated carbocycles. The molecule has 0 aliphatic carbocycles. The number of halogens is 2. The monoisotopic (exact) mass is 170 g/mol. The van der Waals surface area contributed by atoms with Crippen molar-refractivity contribution in [3.8, 4) is 0 Å². The predicted octanol–water partition coefficient (Wildman–Crippen LogP) is 2.25. The highest BCUT2D eigenvalue weighted by Crippen LogP contribution is 2.03. The summed E-state index contributed by atoms with van der Waals surface area (Å²) in [7, 11) is -1.10. The molecule has 0 aliphatic rings. The molecule has 0 heterocycles. The Bertz CT molecular complexity index is 40.2. The highest BCUT2D eigenvalue weighted by Gasteiger charge is 2.05. The average molecular weight is 171 g/mol. The lowest BCUT2D eigenvalue weighted by atomic mass is 11.8. The number of hydrogen-bond donors (Lipinski definition) is 0. The second-order valence-electron chi connectivity index (χ2n) is 1.53. The zero-order valence-corrected chi connectivity index (χ0v) is 7.97. The molecule has 0 bridgehead atoms. The van der Waals surface area contributed by atoms with Gasteiger partial charge >= 0.3 is 0 Å².